The highest BCUT2D eigenvalue weighted by Gasteiger charge is 2.52. The van der Waals surface area contributed by atoms with Gasteiger partial charge >= 0.3 is 0 Å². The van der Waals surface area contributed by atoms with Crippen LogP contribution in [0.2, 0.25) is 0 Å². The van der Waals surface area contributed by atoms with Crippen LogP contribution in [0.4, 0.5) is 0 Å². The molecular formula is C12H20N2O10S2. The first kappa shape index (κ1) is 19.5. The smallest absolute Gasteiger partial charge is 0.136 e. The first-order chi connectivity index (χ1) is 12.5. The van der Waals surface area contributed by atoms with Crippen LogP contribution in [0.1, 0.15) is 0 Å². The molecule has 5 unspecified atom stereocenters. The van der Waals surface area contributed by atoms with E-state index >= 15 is 0 Å². The maximum atomic E-state index is 8.78. The van der Waals surface area contributed by atoms with Crippen molar-refractivity contribution in [2.24, 2.45) is 0 Å². The van der Waals surface area contributed by atoms with E-state index in [2.05, 4.69) is 0 Å². The summed E-state index contributed by atoms with van der Waals surface area (Å²) in [5.74, 6) is 0. The van der Waals surface area contributed by atoms with E-state index < -0.39 is 12.2 Å². The van der Waals surface area contributed by atoms with Crippen LogP contribution in [0.25, 0.3) is 0 Å². The van der Waals surface area contributed by atoms with E-state index in [-0.39, 0.29) is 58.9 Å². The zero-order valence-corrected chi connectivity index (χ0v) is 15.0. The second-order valence-corrected chi connectivity index (χ2v) is 9.00. The van der Waals surface area contributed by atoms with Gasteiger partial charge in [0.15, 0.2) is 0 Å². The molecule has 0 radical (unpaired) electrons. The molecule has 4 aliphatic rings. The third kappa shape index (κ3) is 3.99. The summed E-state index contributed by atoms with van der Waals surface area (Å²) in [7, 11) is 3.21. The molecule has 4 heterocycles. The van der Waals surface area contributed by atoms with Crippen molar-refractivity contribution in [3.63, 3.8) is 0 Å². The van der Waals surface area contributed by atoms with Crippen molar-refractivity contribution in [1.29, 1.82) is 0 Å². The van der Waals surface area contributed by atoms with Gasteiger partial charge in [0.05, 0.1) is 47.7 Å². The second-order valence-electron chi connectivity index (χ2n) is 6.25. The zero-order chi connectivity index (χ0) is 18.3. The molecule has 14 heteroatoms. The largest absolute Gasteiger partial charge is 0.371 e. The fourth-order valence-electron chi connectivity index (χ4n) is 3.59. The maximum Gasteiger partial charge on any atom is 0.136 e. The van der Waals surface area contributed by atoms with Gasteiger partial charge in [0, 0.05) is 0 Å². The molecule has 0 spiro atoms. The summed E-state index contributed by atoms with van der Waals surface area (Å²) in [5, 5.41) is 34.6. The summed E-state index contributed by atoms with van der Waals surface area (Å²) in [6.45, 7) is 1.35. The van der Waals surface area contributed by atoms with E-state index in [0.717, 1.165) is 0 Å². The van der Waals surface area contributed by atoms with Crippen molar-refractivity contribution in [2.45, 2.75) is 47.1 Å². The first-order valence-electron chi connectivity index (χ1n) is 8.01. The maximum absolute atomic E-state index is 8.78. The molecule has 26 heavy (non-hydrogen) atoms. The highest BCUT2D eigenvalue weighted by molar-refractivity contribution is 8.77. The predicted octanol–water partition coefficient (Wildman–Crippen LogP) is -0.539. The molecule has 8 atom stereocenters. The van der Waals surface area contributed by atoms with Gasteiger partial charge < -0.3 is 18.9 Å². The summed E-state index contributed by atoms with van der Waals surface area (Å²) in [5.41, 5.74) is 0. The zero-order valence-electron chi connectivity index (χ0n) is 13.4. The lowest BCUT2D eigenvalue weighted by molar-refractivity contribution is -0.507. The Bertz CT molecular complexity index is 449. The van der Waals surface area contributed by atoms with Gasteiger partial charge in [-0.2, -0.15) is 0 Å². The number of rotatable bonds is 7. The topological polar surface area (TPSA) is 143 Å². The molecular weight excluding hydrogens is 396 g/mol. The van der Waals surface area contributed by atoms with Crippen LogP contribution in [0.3, 0.4) is 0 Å². The number of hydrogen-bond acceptors (Lipinski definition) is 14. The van der Waals surface area contributed by atoms with Crippen molar-refractivity contribution in [3.05, 3.63) is 0 Å². The molecule has 0 saturated carbocycles. The highest BCUT2D eigenvalue weighted by Crippen LogP contribution is 2.45. The Kier molecular flexibility index (Phi) is 6.24. The van der Waals surface area contributed by atoms with Crippen molar-refractivity contribution in [2.75, 3.05) is 26.4 Å². The van der Waals surface area contributed by atoms with Crippen LogP contribution in [-0.2, 0) is 28.6 Å². The fourth-order valence-corrected chi connectivity index (χ4v) is 6.68. The van der Waals surface area contributed by atoms with Crippen molar-refractivity contribution in [3.8, 4) is 0 Å². The Labute approximate surface area is 155 Å². The van der Waals surface area contributed by atoms with E-state index in [1.54, 1.807) is 21.6 Å². The van der Waals surface area contributed by atoms with E-state index in [9.17, 15) is 0 Å². The normalized spacial score (nSPS) is 45.0. The van der Waals surface area contributed by atoms with Gasteiger partial charge in [-0.3, -0.25) is 20.8 Å². The average Bonchev–Trinajstić information content (AvgIpc) is 3.30. The molecule has 12 nitrogen and oxygen atoms in total. The minimum absolute atomic E-state index is 0.0577. The summed E-state index contributed by atoms with van der Waals surface area (Å²) >= 11 is 0. The number of hydrogen-bond donors (Lipinski definition) is 4. The third-order valence-electron chi connectivity index (χ3n) is 4.69. The second kappa shape index (κ2) is 8.30. The lowest BCUT2D eigenvalue weighted by atomic mass is 10.1. The standard InChI is InChI=1S/C12H20N2O10S2/c15-13(16)23-5-1-19-11-7(3-21-9(5)11)25-26-8-4-22-10-6(24-14(17)18)2-20-12(8)10/h5-12,15-18H,1-4H2/t5-,6-,7+,8?,9?,10?,11?,12?/m1/s1. The van der Waals surface area contributed by atoms with Crippen LogP contribution in [-0.4, -0.2) is 105 Å². The van der Waals surface area contributed by atoms with E-state index in [4.69, 9.17) is 49.5 Å². The molecule has 4 rings (SSSR count). The molecule has 0 bridgehead atoms. The Morgan fingerprint density at radius 2 is 1.00 bits per heavy atom. The Morgan fingerprint density at radius 1 is 0.615 bits per heavy atom. The van der Waals surface area contributed by atoms with Crippen LogP contribution in [0, 0.1) is 0 Å². The first-order valence-corrected chi connectivity index (χ1v) is 10.3. The minimum atomic E-state index is -0.569. The van der Waals surface area contributed by atoms with Gasteiger partial charge in [-0.1, -0.05) is 21.6 Å². The molecule has 4 saturated heterocycles. The monoisotopic (exact) mass is 416 g/mol. The van der Waals surface area contributed by atoms with Gasteiger partial charge in [-0.15, -0.1) is 0 Å². The molecule has 0 aromatic carbocycles. The molecule has 150 valence electrons. The van der Waals surface area contributed by atoms with E-state index in [1.165, 1.54) is 0 Å². The SMILES string of the molecule is ON(O)O[C@@H]1COC2C(SS[C@H]3COC4C3OC[C@H]4ON(O)O)COC21. The molecule has 0 aromatic rings. The lowest BCUT2D eigenvalue weighted by Crippen LogP contribution is -2.36. The summed E-state index contributed by atoms with van der Waals surface area (Å²) < 4.78 is 22.8. The van der Waals surface area contributed by atoms with Gasteiger partial charge in [0.2, 0.25) is 0 Å². The van der Waals surface area contributed by atoms with Gasteiger partial charge in [-0.25, -0.2) is 9.68 Å². The van der Waals surface area contributed by atoms with Crippen LogP contribution < -0.4 is 0 Å². The third-order valence-corrected chi connectivity index (χ3v) is 7.92. The summed E-state index contributed by atoms with van der Waals surface area (Å²) in [4.78, 5) is 9.66. The summed E-state index contributed by atoms with van der Waals surface area (Å²) in [6, 6.07) is 0. The quantitative estimate of drug-likeness (QED) is 0.311. The molecule has 4 fully saturated rings. The van der Waals surface area contributed by atoms with Crippen LogP contribution >= 0.6 is 21.6 Å². The average molecular weight is 416 g/mol. The van der Waals surface area contributed by atoms with Gasteiger partial charge in [0.1, 0.15) is 36.6 Å². The van der Waals surface area contributed by atoms with E-state index in [1.807, 2.05) is 0 Å². The van der Waals surface area contributed by atoms with Gasteiger partial charge in [0.25, 0.3) is 0 Å². The van der Waals surface area contributed by atoms with Crippen molar-refractivity contribution < 1.29 is 49.5 Å². The Morgan fingerprint density at radius 3 is 1.38 bits per heavy atom. The summed E-state index contributed by atoms with van der Waals surface area (Å²) in [6.07, 6.45) is -2.25. The lowest BCUT2D eigenvalue weighted by Gasteiger charge is -2.19. The minimum Gasteiger partial charge on any atom is -0.371 e. The van der Waals surface area contributed by atoms with Crippen LogP contribution in [0.15, 0.2) is 0 Å². The molecule has 0 aliphatic carbocycles. The Balaban J connectivity index is 1.26. The van der Waals surface area contributed by atoms with Crippen LogP contribution in [0.5, 0.6) is 0 Å². The van der Waals surface area contributed by atoms with E-state index in [0.29, 0.717) is 13.2 Å². The van der Waals surface area contributed by atoms with Crippen molar-refractivity contribution in [1.82, 2.24) is 10.8 Å². The molecule has 0 aromatic heterocycles. The number of ether oxygens (including phenoxy) is 4. The molecule has 4 N–H and O–H groups in total. The van der Waals surface area contributed by atoms with Crippen molar-refractivity contribution >= 4 is 21.6 Å². The number of nitrogens with zero attached hydrogens (tertiary/aromatic N) is 2. The Hall–Kier alpha value is 0.220. The predicted molar refractivity (Wildman–Crippen MR) is 82.3 cm³/mol. The molecule has 4 aliphatic heterocycles. The molecule has 0 amide bonds. The van der Waals surface area contributed by atoms with Gasteiger partial charge in [-0.05, 0) is 0 Å². The number of fused-ring (bicyclic) bond motifs is 2. The fraction of sp³-hybridized carbons (Fsp3) is 1.00. The highest BCUT2D eigenvalue weighted by atomic mass is 33.1.